The van der Waals surface area contributed by atoms with Crippen LogP contribution in [0.5, 0.6) is 0 Å². The number of benzene rings is 1. The molecule has 6 nitrogen and oxygen atoms in total. The van der Waals surface area contributed by atoms with Crippen LogP contribution in [0, 0.1) is 5.41 Å². The summed E-state index contributed by atoms with van der Waals surface area (Å²) in [5, 5.41) is 0. The summed E-state index contributed by atoms with van der Waals surface area (Å²) in [7, 11) is 0.529. The van der Waals surface area contributed by atoms with Crippen LogP contribution in [0.4, 0.5) is 11.4 Å². The molecule has 0 bridgehead atoms. The van der Waals surface area contributed by atoms with Gasteiger partial charge in [-0.25, -0.2) is 8.42 Å². The molecule has 0 saturated carbocycles. The molecule has 1 aromatic rings. The van der Waals surface area contributed by atoms with Gasteiger partial charge in [0.2, 0.25) is 15.9 Å². The van der Waals surface area contributed by atoms with E-state index in [1.54, 1.807) is 6.07 Å². The zero-order valence-electron chi connectivity index (χ0n) is 19.4. The summed E-state index contributed by atoms with van der Waals surface area (Å²) >= 11 is 0. The number of nitrogens with one attached hydrogen (secondary N) is 1. The van der Waals surface area contributed by atoms with Crippen molar-refractivity contribution < 1.29 is 13.2 Å². The minimum Gasteiger partial charge on any atom is -0.377 e. The van der Waals surface area contributed by atoms with Gasteiger partial charge in [0.15, 0.2) is 0 Å². The molecule has 0 spiro atoms. The van der Waals surface area contributed by atoms with E-state index in [4.69, 9.17) is 0 Å². The normalized spacial score (nSPS) is 13.1. The molecule has 29 heavy (non-hydrogen) atoms. The van der Waals surface area contributed by atoms with Crippen LogP contribution in [0.3, 0.4) is 0 Å². The van der Waals surface area contributed by atoms with Crippen molar-refractivity contribution in [2.24, 2.45) is 5.41 Å². The topological polar surface area (TPSA) is 69.7 Å². The SMILES string of the molecule is CCCS(=O)(=O)Nc1ccc(N(C)C)c(CN(C(=O)CC(C)(C)C)[C@@H](C)CC)c1. The molecule has 1 rings (SSSR count). The largest absolute Gasteiger partial charge is 0.377 e. The van der Waals surface area contributed by atoms with Gasteiger partial charge in [0.1, 0.15) is 0 Å². The van der Waals surface area contributed by atoms with E-state index < -0.39 is 10.0 Å². The first kappa shape index (κ1) is 25.3. The van der Waals surface area contributed by atoms with Crippen molar-refractivity contribution in [1.82, 2.24) is 4.90 Å². The maximum Gasteiger partial charge on any atom is 0.232 e. The molecule has 1 amide bonds. The fourth-order valence-corrected chi connectivity index (χ4v) is 4.29. The Morgan fingerprint density at radius 3 is 2.28 bits per heavy atom. The Morgan fingerprint density at radius 1 is 1.17 bits per heavy atom. The molecule has 0 radical (unpaired) electrons. The number of carbonyl (C=O) groups is 1. The van der Waals surface area contributed by atoms with Gasteiger partial charge in [-0.3, -0.25) is 9.52 Å². The van der Waals surface area contributed by atoms with E-state index in [1.165, 1.54) is 0 Å². The molecular weight excluding hydrogens is 386 g/mol. The summed E-state index contributed by atoms with van der Waals surface area (Å²) < 4.78 is 27.0. The Labute approximate surface area is 177 Å². The van der Waals surface area contributed by atoms with E-state index >= 15 is 0 Å². The molecule has 0 unspecified atom stereocenters. The number of sulfonamides is 1. The predicted molar refractivity (Wildman–Crippen MR) is 123 cm³/mol. The lowest BCUT2D eigenvalue weighted by Crippen LogP contribution is -2.39. The third-order valence-electron chi connectivity index (χ3n) is 4.77. The highest BCUT2D eigenvalue weighted by Gasteiger charge is 2.25. The monoisotopic (exact) mass is 425 g/mol. The van der Waals surface area contributed by atoms with Gasteiger partial charge in [-0.05, 0) is 48.9 Å². The van der Waals surface area contributed by atoms with Gasteiger partial charge in [-0.1, -0.05) is 34.6 Å². The first-order valence-electron chi connectivity index (χ1n) is 10.4. The van der Waals surface area contributed by atoms with Crippen molar-refractivity contribution in [2.45, 2.75) is 73.4 Å². The molecule has 0 saturated heterocycles. The van der Waals surface area contributed by atoms with Gasteiger partial charge in [-0.15, -0.1) is 0 Å². The van der Waals surface area contributed by atoms with E-state index in [0.29, 0.717) is 25.1 Å². The van der Waals surface area contributed by atoms with Crippen LogP contribution >= 0.6 is 0 Å². The number of carbonyl (C=O) groups excluding carboxylic acids is 1. The number of hydrogen-bond donors (Lipinski definition) is 1. The van der Waals surface area contributed by atoms with Gasteiger partial charge in [0.05, 0.1) is 5.75 Å². The Morgan fingerprint density at radius 2 is 1.79 bits per heavy atom. The van der Waals surface area contributed by atoms with Gasteiger partial charge >= 0.3 is 0 Å². The smallest absolute Gasteiger partial charge is 0.232 e. The second-order valence-corrected chi connectivity index (χ2v) is 11.0. The molecule has 0 aromatic heterocycles. The van der Waals surface area contributed by atoms with Gasteiger partial charge < -0.3 is 9.80 Å². The third kappa shape index (κ3) is 8.25. The Balaban J connectivity index is 3.28. The molecule has 7 heteroatoms. The molecule has 0 aliphatic rings. The summed E-state index contributed by atoms with van der Waals surface area (Å²) in [5.74, 6) is 0.203. The van der Waals surface area contributed by atoms with Crippen molar-refractivity contribution in [1.29, 1.82) is 0 Å². The van der Waals surface area contributed by atoms with Crippen LogP contribution in [-0.2, 0) is 21.4 Å². The minimum absolute atomic E-state index is 0.0842. The van der Waals surface area contributed by atoms with Crippen molar-refractivity contribution in [2.75, 3.05) is 29.5 Å². The molecule has 0 aliphatic carbocycles. The molecule has 1 N–H and O–H groups in total. The van der Waals surface area contributed by atoms with E-state index in [0.717, 1.165) is 17.7 Å². The number of anilines is 2. The van der Waals surface area contributed by atoms with Crippen LogP contribution in [0.1, 0.15) is 66.4 Å². The quantitative estimate of drug-likeness (QED) is 0.600. The summed E-state index contributed by atoms with van der Waals surface area (Å²) in [6.45, 7) is 12.6. The maximum atomic E-state index is 13.0. The Hall–Kier alpha value is -1.76. The highest BCUT2D eigenvalue weighted by Crippen LogP contribution is 2.28. The first-order valence-corrected chi connectivity index (χ1v) is 12.0. The molecule has 1 aromatic carbocycles. The lowest BCUT2D eigenvalue weighted by Gasteiger charge is -2.33. The molecule has 1 atom stereocenters. The van der Waals surface area contributed by atoms with E-state index in [2.05, 4.69) is 39.3 Å². The van der Waals surface area contributed by atoms with Crippen molar-refractivity contribution >= 4 is 27.3 Å². The minimum atomic E-state index is -3.37. The maximum absolute atomic E-state index is 13.0. The first-order chi connectivity index (χ1) is 13.3. The van der Waals surface area contributed by atoms with Gasteiger partial charge in [-0.2, -0.15) is 0 Å². The number of rotatable bonds is 10. The average Bonchev–Trinajstić information content (AvgIpc) is 2.56. The standard InChI is InChI=1S/C22H39N3O3S/c1-9-13-29(27,28)23-19-11-12-20(24(7)8)18(14-19)16-25(17(3)10-2)21(26)15-22(4,5)6/h11-12,14,17,23H,9-10,13,15-16H2,1-8H3/t17-/m0/s1. The zero-order chi connectivity index (χ0) is 22.4. The Bertz CT molecular complexity index is 783. The number of hydrogen-bond acceptors (Lipinski definition) is 4. The predicted octanol–water partition coefficient (Wildman–Crippen LogP) is 4.47. The molecule has 0 fully saturated rings. The second kappa shape index (κ2) is 10.3. The second-order valence-electron chi connectivity index (χ2n) is 9.18. The van der Waals surface area contributed by atoms with Crippen molar-refractivity contribution in [3.05, 3.63) is 23.8 Å². The van der Waals surface area contributed by atoms with Crippen LogP contribution < -0.4 is 9.62 Å². The van der Waals surface area contributed by atoms with E-state index in [9.17, 15) is 13.2 Å². The third-order valence-corrected chi connectivity index (χ3v) is 6.27. The van der Waals surface area contributed by atoms with Crippen LogP contribution in [0.2, 0.25) is 0 Å². The number of nitrogens with zero attached hydrogens (tertiary/aromatic N) is 2. The molecular formula is C22H39N3O3S. The van der Waals surface area contributed by atoms with Crippen molar-refractivity contribution in [3.63, 3.8) is 0 Å². The molecule has 166 valence electrons. The lowest BCUT2D eigenvalue weighted by atomic mass is 9.91. The average molecular weight is 426 g/mol. The van der Waals surface area contributed by atoms with E-state index in [1.807, 2.05) is 43.0 Å². The van der Waals surface area contributed by atoms with Gasteiger partial charge in [0, 0.05) is 44.5 Å². The summed E-state index contributed by atoms with van der Waals surface area (Å²) in [6, 6.07) is 5.63. The lowest BCUT2D eigenvalue weighted by molar-refractivity contribution is -0.135. The summed E-state index contributed by atoms with van der Waals surface area (Å²) in [4.78, 5) is 16.9. The molecule has 0 aliphatic heterocycles. The summed E-state index contributed by atoms with van der Waals surface area (Å²) in [5.41, 5.74) is 2.34. The van der Waals surface area contributed by atoms with Crippen LogP contribution in [0.25, 0.3) is 0 Å². The number of amides is 1. The summed E-state index contributed by atoms with van der Waals surface area (Å²) in [6.07, 6.45) is 1.88. The van der Waals surface area contributed by atoms with Crippen LogP contribution in [0.15, 0.2) is 18.2 Å². The molecule has 0 heterocycles. The van der Waals surface area contributed by atoms with E-state index in [-0.39, 0.29) is 23.1 Å². The zero-order valence-corrected chi connectivity index (χ0v) is 20.2. The highest BCUT2D eigenvalue weighted by atomic mass is 32.2. The fraction of sp³-hybridized carbons (Fsp3) is 0.682. The van der Waals surface area contributed by atoms with Crippen LogP contribution in [-0.4, -0.2) is 45.1 Å². The Kier molecular flexibility index (Phi) is 9.00. The fourth-order valence-electron chi connectivity index (χ4n) is 3.16. The van der Waals surface area contributed by atoms with Gasteiger partial charge in [0.25, 0.3) is 0 Å². The van der Waals surface area contributed by atoms with Crippen molar-refractivity contribution in [3.8, 4) is 0 Å². The highest BCUT2D eigenvalue weighted by molar-refractivity contribution is 7.92.